The van der Waals surface area contributed by atoms with E-state index < -0.39 is 0 Å². The van der Waals surface area contributed by atoms with Gasteiger partial charge in [0.2, 0.25) is 6.35 Å². The van der Waals surface area contributed by atoms with Crippen LogP contribution in [0.1, 0.15) is 6.92 Å². The summed E-state index contributed by atoms with van der Waals surface area (Å²) in [5, 5.41) is 0. The van der Waals surface area contributed by atoms with Crippen molar-refractivity contribution in [1.29, 1.82) is 0 Å². The standard InChI is InChI=1S/C7H14N2O/c1-4-9-6-5-8(2)7(9)10-3/h5-7H,4H2,1-3H3. The summed E-state index contributed by atoms with van der Waals surface area (Å²) in [6.45, 7) is 3.09. The molecule has 0 radical (unpaired) electrons. The highest BCUT2D eigenvalue weighted by Crippen LogP contribution is 2.12. The quantitative estimate of drug-likeness (QED) is 0.563. The highest BCUT2D eigenvalue weighted by atomic mass is 16.5. The van der Waals surface area contributed by atoms with Crippen LogP contribution in [-0.4, -0.2) is 36.9 Å². The maximum atomic E-state index is 5.22. The zero-order valence-corrected chi connectivity index (χ0v) is 6.74. The molecule has 0 aromatic carbocycles. The van der Waals surface area contributed by atoms with E-state index in [0.717, 1.165) is 6.54 Å². The molecule has 0 aromatic rings. The summed E-state index contributed by atoms with van der Waals surface area (Å²) >= 11 is 0. The first kappa shape index (κ1) is 7.41. The van der Waals surface area contributed by atoms with Gasteiger partial charge >= 0.3 is 0 Å². The van der Waals surface area contributed by atoms with Crippen LogP contribution >= 0.6 is 0 Å². The number of ether oxygens (including phenoxy) is 1. The largest absolute Gasteiger partial charge is 0.344 e. The Bertz CT molecular complexity index is 136. The molecule has 0 saturated heterocycles. The van der Waals surface area contributed by atoms with Crippen LogP contribution in [0.5, 0.6) is 0 Å². The van der Waals surface area contributed by atoms with Crippen molar-refractivity contribution in [2.24, 2.45) is 0 Å². The summed E-state index contributed by atoms with van der Waals surface area (Å²) in [6.07, 6.45) is 4.15. The molecule has 3 nitrogen and oxygen atoms in total. The second-order valence-corrected chi connectivity index (χ2v) is 2.36. The molecule has 1 unspecified atom stereocenters. The molecule has 0 aromatic heterocycles. The van der Waals surface area contributed by atoms with Gasteiger partial charge < -0.3 is 14.5 Å². The molecule has 1 aliphatic heterocycles. The van der Waals surface area contributed by atoms with E-state index in [9.17, 15) is 0 Å². The summed E-state index contributed by atoms with van der Waals surface area (Å²) in [7, 11) is 3.72. The van der Waals surface area contributed by atoms with Crippen LogP contribution in [0.2, 0.25) is 0 Å². The van der Waals surface area contributed by atoms with Crippen molar-refractivity contribution in [2.45, 2.75) is 13.3 Å². The van der Waals surface area contributed by atoms with Gasteiger partial charge in [-0.1, -0.05) is 0 Å². The van der Waals surface area contributed by atoms with E-state index in [2.05, 4.69) is 11.8 Å². The van der Waals surface area contributed by atoms with Crippen LogP contribution in [0.25, 0.3) is 0 Å². The SMILES string of the molecule is CCN1C=CN(C)C1OC. The monoisotopic (exact) mass is 142 g/mol. The number of nitrogens with zero attached hydrogens (tertiary/aromatic N) is 2. The fourth-order valence-corrected chi connectivity index (χ4v) is 1.14. The molecule has 1 aliphatic rings. The first-order valence-corrected chi connectivity index (χ1v) is 3.48. The minimum Gasteiger partial charge on any atom is -0.344 e. The smallest absolute Gasteiger partial charge is 0.209 e. The minimum absolute atomic E-state index is 0.102. The third-order valence-electron chi connectivity index (χ3n) is 1.70. The molecule has 0 bridgehead atoms. The number of hydrogen-bond donors (Lipinski definition) is 0. The fourth-order valence-electron chi connectivity index (χ4n) is 1.14. The third kappa shape index (κ3) is 1.09. The molecule has 1 rings (SSSR count). The summed E-state index contributed by atoms with van der Waals surface area (Å²) in [5.41, 5.74) is 0. The van der Waals surface area contributed by atoms with Gasteiger partial charge in [0.25, 0.3) is 0 Å². The van der Waals surface area contributed by atoms with E-state index in [-0.39, 0.29) is 6.35 Å². The van der Waals surface area contributed by atoms with E-state index >= 15 is 0 Å². The Balaban J connectivity index is 2.53. The Kier molecular flexibility index (Phi) is 2.17. The average molecular weight is 142 g/mol. The van der Waals surface area contributed by atoms with Gasteiger partial charge in [0.1, 0.15) is 0 Å². The van der Waals surface area contributed by atoms with Gasteiger partial charge in [0.05, 0.1) is 0 Å². The van der Waals surface area contributed by atoms with Gasteiger partial charge in [-0.05, 0) is 6.92 Å². The Labute approximate surface area is 61.9 Å². The van der Waals surface area contributed by atoms with Gasteiger partial charge in [-0.3, -0.25) is 0 Å². The number of hydrogen-bond acceptors (Lipinski definition) is 3. The van der Waals surface area contributed by atoms with Crippen molar-refractivity contribution in [3.05, 3.63) is 12.4 Å². The number of rotatable bonds is 2. The fraction of sp³-hybridized carbons (Fsp3) is 0.714. The molecular formula is C7H14N2O. The lowest BCUT2D eigenvalue weighted by Gasteiger charge is -2.27. The lowest BCUT2D eigenvalue weighted by molar-refractivity contribution is -0.0678. The summed E-state index contributed by atoms with van der Waals surface area (Å²) in [6, 6.07) is 0. The van der Waals surface area contributed by atoms with Crippen molar-refractivity contribution < 1.29 is 4.74 Å². The highest BCUT2D eigenvalue weighted by molar-refractivity contribution is 4.90. The zero-order chi connectivity index (χ0) is 7.56. The Morgan fingerprint density at radius 2 is 2.20 bits per heavy atom. The molecule has 3 heteroatoms. The van der Waals surface area contributed by atoms with Crippen molar-refractivity contribution in [2.75, 3.05) is 20.7 Å². The van der Waals surface area contributed by atoms with Crippen LogP contribution in [0, 0.1) is 0 Å². The normalized spacial score (nSPS) is 24.5. The second-order valence-electron chi connectivity index (χ2n) is 2.36. The Hall–Kier alpha value is -0.700. The molecule has 0 N–H and O–H groups in total. The maximum absolute atomic E-state index is 5.22. The Morgan fingerprint density at radius 3 is 2.60 bits per heavy atom. The second kappa shape index (κ2) is 2.92. The van der Waals surface area contributed by atoms with Crippen molar-refractivity contribution in [3.63, 3.8) is 0 Å². The number of methoxy groups -OCH3 is 1. The van der Waals surface area contributed by atoms with Crippen LogP contribution in [0.15, 0.2) is 12.4 Å². The molecule has 0 fully saturated rings. The van der Waals surface area contributed by atoms with Crippen molar-refractivity contribution in [1.82, 2.24) is 9.80 Å². The third-order valence-corrected chi connectivity index (χ3v) is 1.70. The van der Waals surface area contributed by atoms with E-state index in [1.165, 1.54) is 0 Å². The zero-order valence-electron chi connectivity index (χ0n) is 6.74. The van der Waals surface area contributed by atoms with E-state index in [1.807, 2.05) is 24.3 Å². The average Bonchev–Trinajstić information content (AvgIpc) is 2.30. The van der Waals surface area contributed by atoms with Gasteiger partial charge in [0, 0.05) is 33.1 Å². The van der Waals surface area contributed by atoms with E-state index in [4.69, 9.17) is 4.74 Å². The summed E-state index contributed by atoms with van der Waals surface area (Å²) in [5.74, 6) is 0. The molecule has 0 spiro atoms. The topological polar surface area (TPSA) is 15.7 Å². The predicted molar refractivity (Wildman–Crippen MR) is 40.1 cm³/mol. The van der Waals surface area contributed by atoms with Crippen LogP contribution in [-0.2, 0) is 4.74 Å². The molecule has 0 amide bonds. The van der Waals surface area contributed by atoms with Crippen LogP contribution in [0.4, 0.5) is 0 Å². The van der Waals surface area contributed by atoms with Crippen LogP contribution in [0.3, 0.4) is 0 Å². The lowest BCUT2D eigenvalue weighted by Crippen LogP contribution is -2.37. The maximum Gasteiger partial charge on any atom is 0.209 e. The van der Waals surface area contributed by atoms with Crippen molar-refractivity contribution in [3.8, 4) is 0 Å². The molecule has 1 atom stereocenters. The van der Waals surface area contributed by atoms with Gasteiger partial charge in [-0.15, -0.1) is 0 Å². The summed E-state index contributed by atoms with van der Waals surface area (Å²) in [4.78, 5) is 4.16. The molecule has 0 aliphatic carbocycles. The van der Waals surface area contributed by atoms with Gasteiger partial charge in [0.15, 0.2) is 0 Å². The first-order chi connectivity index (χ1) is 4.79. The van der Waals surface area contributed by atoms with E-state index in [0.29, 0.717) is 0 Å². The van der Waals surface area contributed by atoms with Gasteiger partial charge in [-0.2, -0.15) is 0 Å². The minimum atomic E-state index is 0.102. The predicted octanol–water partition coefficient (Wildman–Crippen LogP) is 0.655. The summed E-state index contributed by atoms with van der Waals surface area (Å²) < 4.78 is 5.22. The van der Waals surface area contributed by atoms with Gasteiger partial charge in [-0.25, -0.2) is 0 Å². The lowest BCUT2D eigenvalue weighted by atomic mass is 10.6. The molecule has 1 heterocycles. The van der Waals surface area contributed by atoms with E-state index in [1.54, 1.807) is 7.11 Å². The molecule has 0 saturated carbocycles. The molecule has 10 heavy (non-hydrogen) atoms. The molecule has 58 valence electrons. The molecular weight excluding hydrogens is 128 g/mol. The highest BCUT2D eigenvalue weighted by Gasteiger charge is 2.20. The Morgan fingerprint density at radius 1 is 1.50 bits per heavy atom. The van der Waals surface area contributed by atoms with Crippen molar-refractivity contribution >= 4 is 0 Å². The first-order valence-electron chi connectivity index (χ1n) is 3.48. The van der Waals surface area contributed by atoms with Crippen LogP contribution < -0.4 is 0 Å².